The maximum atomic E-state index is 13.6. The van der Waals surface area contributed by atoms with Gasteiger partial charge in [-0.3, -0.25) is 14.6 Å². The van der Waals surface area contributed by atoms with Crippen molar-refractivity contribution in [1.29, 1.82) is 0 Å². The zero-order valence-corrected chi connectivity index (χ0v) is 14.6. The highest BCUT2D eigenvalue weighted by molar-refractivity contribution is 6.01. The number of anilines is 2. The lowest BCUT2D eigenvalue weighted by Gasteiger charge is -2.22. The first-order chi connectivity index (χ1) is 13.0. The molecule has 1 aromatic heterocycles. The number of rotatable bonds is 5. The number of nitrogens with one attached hydrogen (secondary N) is 1. The number of carbonyl (C=O) groups excluding carboxylic acids is 2. The molecule has 0 radical (unpaired) electrons. The molecule has 7 heteroatoms. The number of amides is 2. The van der Waals surface area contributed by atoms with Crippen LogP contribution >= 0.6 is 0 Å². The molecular formula is C20H17F2N3O2. The van der Waals surface area contributed by atoms with Crippen LogP contribution in [0.3, 0.4) is 0 Å². The molecule has 0 fully saturated rings. The summed E-state index contributed by atoms with van der Waals surface area (Å²) in [6.45, 7) is 1.43. The predicted molar refractivity (Wildman–Crippen MR) is 99.4 cm³/mol. The van der Waals surface area contributed by atoms with Crippen molar-refractivity contribution in [2.75, 3.05) is 16.8 Å². The fraction of sp³-hybridized carbons (Fsp3) is 0.150. The normalized spacial score (nSPS) is 10.6. The standard InChI is InChI=1S/C20H17F2N3O2/c1-13(26)25(17-9-2-5-14-6-4-11-23-19(14)17)12-10-18(27)24-20-15(21)7-3-8-16(20)22/h2-9,11H,10,12H2,1H3,(H,24,27). The summed E-state index contributed by atoms with van der Waals surface area (Å²) in [5, 5.41) is 3.08. The molecule has 1 N–H and O–H groups in total. The van der Waals surface area contributed by atoms with Crippen LogP contribution in [0.15, 0.2) is 54.7 Å². The van der Waals surface area contributed by atoms with E-state index in [2.05, 4.69) is 10.3 Å². The highest BCUT2D eigenvalue weighted by Crippen LogP contribution is 2.25. The second kappa shape index (κ2) is 7.90. The number of hydrogen-bond acceptors (Lipinski definition) is 3. The molecule has 3 rings (SSSR count). The molecule has 2 aromatic carbocycles. The second-order valence-corrected chi connectivity index (χ2v) is 5.92. The number of para-hydroxylation sites is 2. The zero-order chi connectivity index (χ0) is 19.4. The minimum absolute atomic E-state index is 0.0485. The number of benzene rings is 2. The predicted octanol–water partition coefficient (Wildman–Crippen LogP) is 3.89. The monoisotopic (exact) mass is 369 g/mol. The first kappa shape index (κ1) is 18.4. The number of carbonyl (C=O) groups is 2. The first-order valence-corrected chi connectivity index (χ1v) is 8.33. The molecule has 0 aliphatic rings. The third-order valence-corrected chi connectivity index (χ3v) is 4.07. The first-order valence-electron chi connectivity index (χ1n) is 8.33. The van der Waals surface area contributed by atoms with Crippen LogP contribution in [0, 0.1) is 11.6 Å². The average molecular weight is 369 g/mol. The number of fused-ring (bicyclic) bond motifs is 1. The Balaban J connectivity index is 1.77. The Kier molecular flexibility index (Phi) is 5.40. The van der Waals surface area contributed by atoms with Crippen LogP contribution < -0.4 is 10.2 Å². The van der Waals surface area contributed by atoms with E-state index >= 15 is 0 Å². The molecule has 0 saturated heterocycles. The Morgan fingerprint density at radius 2 is 1.70 bits per heavy atom. The molecule has 0 bridgehead atoms. The van der Waals surface area contributed by atoms with Crippen molar-refractivity contribution in [2.24, 2.45) is 0 Å². The van der Waals surface area contributed by atoms with Gasteiger partial charge in [-0.25, -0.2) is 8.78 Å². The van der Waals surface area contributed by atoms with Crippen LogP contribution in [-0.2, 0) is 9.59 Å². The maximum Gasteiger partial charge on any atom is 0.226 e. The smallest absolute Gasteiger partial charge is 0.226 e. The highest BCUT2D eigenvalue weighted by Gasteiger charge is 2.18. The van der Waals surface area contributed by atoms with Gasteiger partial charge in [-0.15, -0.1) is 0 Å². The minimum Gasteiger partial charge on any atom is -0.321 e. The third-order valence-electron chi connectivity index (χ3n) is 4.07. The molecule has 1 heterocycles. The SMILES string of the molecule is CC(=O)N(CCC(=O)Nc1c(F)cccc1F)c1cccc2cccnc12. The summed E-state index contributed by atoms with van der Waals surface area (Å²) in [5.41, 5.74) is 0.713. The molecular weight excluding hydrogens is 352 g/mol. The summed E-state index contributed by atoms with van der Waals surface area (Å²) in [6, 6.07) is 12.4. The molecule has 0 atom stereocenters. The molecule has 0 unspecified atom stereocenters. The molecule has 27 heavy (non-hydrogen) atoms. The number of nitrogens with zero attached hydrogens (tertiary/aromatic N) is 2. The summed E-state index contributed by atoms with van der Waals surface area (Å²) in [7, 11) is 0. The van der Waals surface area contributed by atoms with E-state index in [9.17, 15) is 18.4 Å². The Hall–Kier alpha value is -3.35. The third kappa shape index (κ3) is 4.08. The fourth-order valence-corrected chi connectivity index (χ4v) is 2.79. The van der Waals surface area contributed by atoms with Crippen molar-refractivity contribution in [3.63, 3.8) is 0 Å². The lowest BCUT2D eigenvalue weighted by Crippen LogP contribution is -2.32. The van der Waals surface area contributed by atoms with Crippen LogP contribution in [0.1, 0.15) is 13.3 Å². The summed E-state index contributed by atoms with van der Waals surface area (Å²) >= 11 is 0. The lowest BCUT2D eigenvalue weighted by molar-refractivity contribution is -0.117. The quantitative estimate of drug-likeness (QED) is 0.742. The number of hydrogen-bond donors (Lipinski definition) is 1. The van der Waals surface area contributed by atoms with Crippen LogP contribution in [0.25, 0.3) is 10.9 Å². The van der Waals surface area contributed by atoms with Gasteiger partial charge in [-0.05, 0) is 24.3 Å². The van der Waals surface area contributed by atoms with Crippen molar-refractivity contribution in [1.82, 2.24) is 4.98 Å². The number of halogens is 2. The van der Waals surface area contributed by atoms with Crippen LogP contribution in [0.5, 0.6) is 0 Å². The average Bonchev–Trinajstić information content (AvgIpc) is 2.65. The molecule has 0 aliphatic heterocycles. The van der Waals surface area contributed by atoms with Gasteiger partial charge in [0.2, 0.25) is 11.8 Å². The largest absolute Gasteiger partial charge is 0.321 e. The summed E-state index contributed by atoms with van der Waals surface area (Å²) in [4.78, 5) is 30.0. The van der Waals surface area contributed by atoms with E-state index in [0.29, 0.717) is 11.2 Å². The molecule has 138 valence electrons. The van der Waals surface area contributed by atoms with Gasteiger partial charge in [0.25, 0.3) is 0 Å². The molecule has 2 amide bonds. The topological polar surface area (TPSA) is 62.3 Å². The maximum absolute atomic E-state index is 13.6. The highest BCUT2D eigenvalue weighted by atomic mass is 19.1. The number of aromatic nitrogens is 1. The second-order valence-electron chi connectivity index (χ2n) is 5.92. The van der Waals surface area contributed by atoms with Gasteiger partial charge in [0, 0.05) is 31.5 Å². The molecule has 5 nitrogen and oxygen atoms in total. The number of pyridine rings is 1. The van der Waals surface area contributed by atoms with E-state index in [-0.39, 0.29) is 18.9 Å². The van der Waals surface area contributed by atoms with E-state index in [1.165, 1.54) is 17.9 Å². The van der Waals surface area contributed by atoms with Crippen molar-refractivity contribution in [2.45, 2.75) is 13.3 Å². The Bertz CT molecular complexity index is 982. The van der Waals surface area contributed by atoms with Crippen LogP contribution in [0.4, 0.5) is 20.2 Å². The van der Waals surface area contributed by atoms with Gasteiger partial charge < -0.3 is 10.2 Å². The van der Waals surface area contributed by atoms with Gasteiger partial charge in [-0.1, -0.05) is 24.3 Å². The van der Waals surface area contributed by atoms with E-state index in [0.717, 1.165) is 17.5 Å². The van der Waals surface area contributed by atoms with Crippen LogP contribution in [-0.4, -0.2) is 23.3 Å². The van der Waals surface area contributed by atoms with E-state index < -0.39 is 23.2 Å². The van der Waals surface area contributed by atoms with Gasteiger partial charge in [0.05, 0.1) is 11.2 Å². The minimum atomic E-state index is -0.856. The lowest BCUT2D eigenvalue weighted by atomic mass is 10.1. The van der Waals surface area contributed by atoms with Crippen molar-refractivity contribution in [3.8, 4) is 0 Å². The van der Waals surface area contributed by atoms with E-state index in [1.807, 2.05) is 12.1 Å². The van der Waals surface area contributed by atoms with Crippen molar-refractivity contribution < 1.29 is 18.4 Å². The van der Waals surface area contributed by atoms with Gasteiger partial charge in [0.1, 0.15) is 17.3 Å². The zero-order valence-electron chi connectivity index (χ0n) is 14.6. The van der Waals surface area contributed by atoms with Gasteiger partial charge in [0.15, 0.2) is 0 Å². The fourth-order valence-electron chi connectivity index (χ4n) is 2.79. The summed E-state index contributed by atoms with van der Waals surface area (Å²) < 4.78 is 27.3. The van der Waals surface area contributed by atoms with Gasteiger partial charge >= 0.3 is 0 Å². The summed E-state index contributed by atoms with van der Waals surface area (Å²) in [6.07, 6.45) is 1.49. The van der Waals surface area contributed by atoms with Crippen LogP contribution in [0.2, 0.25) is 0 Å². The van der Waals surface area contributed by atoms with Crippen molar-refractivity contribution >= 4 is 34.1 Å². The summed E-state index contributed by atoms with van der Waals surface area (Å²) in [5.74, 6) is -2.58. The Labute approximate surface area is 154 Å². The van der Waals surface area contributed by atoms with Gasteiger partial charge in [-0.2, -0.15) is 0 Å². The Morgan fingerprint density at radius 3 is 2.41 bits per heavy atom. The van der Waals surface area contributed by atoms with Crippen molar-refractivity contribution in [3.05, 3.63) is 66.4 Å². The molecule has 3 aromatic rings. The molecule has 0 saturated carbocycles. The molecule has 0 spiro atoms. The Morgan fingerprint density at radius 1 is 1.04 bits per heavy atom. The van der Waals surface area contributed by atoms with E-state index in [1.54, 1.807) is 24.4 Å². The van der Waals surface area contributed by atoms with E-state index in [4.69, 9.17) is 0 Å². The molecule has 0 aliphatic carbocycles.